The third-order valence-electron chi connectivity index (χ3n) is 10.1. The molecule has 9 nitrogen and oxygen atoms in total. The molecule has 48 heavy (non-hydrogen) atoms. The zero-order valence-electron chi connectivity index (χ0n) is 26.1. The van der Waals surface area contributed by atoms with Gasteiger partial charge in [0.25, 0.3) is 5.91 Å². The predicted octanol–water partition coefficient (Wildman–Crippen LogP) is 5.98. The van der Waals surface area contributed by atoms with Gasteiger partial charge in [0.1, 0.15) is 5.82 Å². The molecule has 1 aromatic heterocycles. The van der Waals surface area contributed by atoms with Gasteiger partial charge >= 0.3 is 4.87 Å². The van der Waals surface area contributed by atoms with Crippen LogP contribution in [0.3, 0.4) is 0 Å². The Balaban J connectivity index is 1.10. The lowest BCUT2D eigenvalue weighted by molar-refractivity contribution is -0.123. The van der Waals surface area contributed by atoms with Gasteiger partial charge in [-0.15, -0.1) is 11.8 Å². The third-order valence-corrected chi connectivity index (χ3v) is 12.7. The minimum Gasteiger partial charge on any atom is -0.490 e. The Morgan fingerprint density at radius 2 is 1.69 bits per heavy atom. The zero-order chi connectivity index (χ0) is 33.3. The summed E-state index contributed by atoms with van der Waals surface area (Å²) in [7, 11) is 0. The number of rotatable bonds is 8. The Labute approximate surface area is 283 Å². The molecule has 4 aromatic rings. The highest BCUT2D eigenvalue weighted by Crippen LogP contribution is 2.68. The average molecular weight is 686 g/mol. The van der Waals surface area contributed by atoms with E-state index in [1.807, 2.05) is 50.2 Å². The van der Waals surface area contributed by atoms with Crippen LogP contribution >= 0.6 is 23.1 Å². The Kier molecular flexibility index (Phi) is 7.67. The van der Waals surface area contributed by atoms with Gasteiger partial charge in [-0.3, -0.25) is 24.1 Å². The van der Waals surface area contributed by atoms with Crippen LogP contribution in [-0.4, -0.2) is 41.2 Å². The molecule has 3 aromatic carbocycles. The van der Waals surface area contributed by atoms with Gasteiger partial charge in [-0.2, -0.15) is 0 Å². The van der Waals surface area contributed by atoms with E-state index in [9.17, 15) is 23.6 Å². The lowest BCUT2D eigenvalue weighted by Gasteiger charge is -2.43. The number of aromatic amines is 1. The van der Waals surface area contributed by atoms with E-state index >= 15 is 0 Å². The van der Waals surface area contributed by atoms with Gasteiger partial charge in [0.15, 0.2) is 18.1 Å². The summed E-state index contributed by atoms with van der Waals surface area (Å²) in [5.41, 5.74) is 3.07. The lowest BCUT2D eigenvalue weighted by Crippen LogP contribution is -2.42. The fourth-order valence-electron chi connectivity index (χ4n) is 8.32. The second kappa shape index (κ2) is 11.9. The van der Waals surface area contributed by atoms with E-state index in [-0.39, 0.29) is 58.1 Å². The van der Waals surface area contributed by atoms with E-state index in [1.54, 1.807) is 17.8 Å². The SMILES string of the molecule is CCOc1cc([C@@H]2c3sc(=O)[nH]c3S[C@@H]3[C@@H]4C[C@@H]([C@@H]5C(=O)N(c6ccc(F)cc6)C(=O)[C@@H]45)[C@H]23)ccc1OCC(=O)Nc1ccc(C)cc1. The van der Waals surface area contributed by atoms with Gasteiger partial charge in [0.2, 0.25) is 11.8 Å². The summed E-state index contributed by atoms with van der Waals surface area (Å²) in [6, 6.07) is 18.6. The number of aryl methyl sites for hydroxylation is 1. The van der Waals surface area contributed by atoms with Gasteiger partial charge in [0, 0.05) is 21.7 Å². The summed E-state index contributed by atoms with van der Waals surface area (Å²) < 4.78 is 25.6. The maximum absolute atomic E-state index is 14.0. The molecule has 3 heterocycles. The molecule has 4 aliphatic rings. The van der Waals surface area contributed by atoms with Gasteiger partial charge in [0.05, 0.1) is 29.2 Å². The van der Waals surface area contributed by atoms with Gasteiger partial charge in [-0.1, -0.05) is 35.1 Å². The number of H-pyrrole nitrogens is 1. The first-order chi connectivity index (χ1) is 23.2. The number of ether oxygens (including phenoxy) is 2. The minimum atomic E-state index is -0.477. The molecule has 1 saturated heterocycles. The highest BCUT2D eigenvalue weighted by atomic mass is 32.2. The van der Waals surface area contributed by atoms with Crippen molar-refractivity contribution >= 4 is 52.2 Å². The normalized spacial score (nSPS) is 26.6. The molecule has 12 heteroatoms. The number of carbonyl (C=O) groups excluding carboxylic acids is 3. The Morgan fingerprint density at radius 1 is 0.958 bits per heavy atom. The van der Waals surface area contributed by atoms with E-state index in [2.05, 4.69) is 10.3 Å². The van der Waals surface area contributed by atoms with Crippen LogP contribution in [0.4, 0.5) is 15.8 Å². The number of aromatic nitrogens is 1. The van der Waals surface area contributed by atoms with E-state index in [1.165, 1.54) is 40.5 Å². The molecule has 2 saturated carbocycles. The summed E-state index contributed by atoms with van der Waals surface area (Å²) in [6.45, 7) is 4.00. The topological polar surface area (TPSA) is 118 Å². The third kappa shape index (κ3) is 5.04. The van der Waals surface area contributed by atoms with Crippen molar-refractivity contribution in [2.45, 2.75) is 36.5 Å². The second-order valence-electron chi connectivity index (χ2n) is 12.8. The molecule has 3 fully saturated rings. The number of anilines is 2. The molecular weight excluding hydrogens is 654 g/mol. The molecule has 3 amide bonds. The second-order valence-corrected chi connectivity index (χ2v) is 15.0. The number of halogens is 1. The first-order valence-corrected chi connectivity index (χ1v) is 17.7. The highest BCUT2D eigenvalue weighted by Gasteiger charge is 2.69. The number of hydrogen-bond acceptors (Lipinski definition) is 8. The maximum atomic E-state index is 14.0. The van der Waals surface area contributed by atoms with Crippen molar-refractivity contribution in [2.24, 2.45) is 29.6 Å². The van der Waals surface area contributed by atoms with Crippen molar-refractivity contribution in [3.8, 4) is 11.5 Å². The molecule has 7 atom stereocenters. The van der Waals surface area contributed by atoms with Crippen LogP contribution < -0.4 is 24.6 Å². The van der Waals surface area contributed by atoms with Crippen LogP contribution in [0.1, 0.15) is 35.3 Å². The standard InChI is InChI=1S/C36H32FN3O6S2/c1-3-45-25-14-18(6-13-24(25)46-16-26(41)38-20-9-4-17(2)5-10-20)27-28-22-15-23(31(28)47-33-32(27)48-36(44)39-33)30-29(22)34(42)40(35(30)43)21-11-7-19(37)8-12-21/h4-14,22-23,27-31H,3,15-16H2,1-2H3,(H,38,41)(H,39,44)/t22-,23-,27+,28-,29+,30+,31-/m1/s1. The molecule has 2 bridgehead atoms. The van der Waals surface area contributed by atoms with Crippen LogP contribution in [0.15, 0.2) is 76.6 Å². The first kappa shape index (κ1) is 30.9. The molecular formula is C36H32FN3O6S2. The number of carbonyl (C=O) groups is 3. The van der Waals surface area contributed by atoms with Crippen molar-refractivity contribution in [2.75, 3.05) is 23.4 Å². The zero-order valence-corrected chi connectivity index (χ0v) is 27.7. The summed E-state index contributed by atoms with van der Waals surface area (Å²) in [4.78, 5) is 58.2. The van der Waals surface area contributed by atoms with Crippen molar-refractivity contribution < 1.29 is 28.2 Å². The number of amides is 3. The molecule has 8 rings (SSSR count). The number of nitrogens with zero attached hydrogens (tertiary/aromatic N) is 1. The molecule has 246 valence electrons. The van der Waals surface area contributed by atoms with Gasteiger partial charge in [-0.25, -0.2) is 4.39 Å². The van der Waals surface area contributed by atoms with Crippen LogP contribution in [-0.2, 0) is 14.4 Å². The minimum absolute atomic E-state index is 0.00773. The summed E-state index contributed by atoms with van der Waals surface area (Å²) in [5, 5.41) is 3.66. The number of thiazole rings is 1. The lowest BCUT2D eigenvalue weighted by atomic mass is 9.68. The number of benzene rings is 3. The monoisotopic (exact) mass is 685 g/mol. The van der Waals surface area contributed by atoms with Crippen LogP contribution in [0.2, 0.25) is 0 Å². The number of fused-ring (bicyclic) bond motifs is 9. The van der Waals surface area contributed by atoms with Crippen LogP contribution in [0.25, 0.3) is 0 Å². The van der Waals surface area contributed by atoms with Crippen LogP contribution in [0.5, 0.6) is 11.5 Å². The van der Waals surface area contributed by atoms with Gasteiger partial charge in [-0.05, 0) is 92.1 Å². The molecule has 0 radical (unpaired) electrons. The number of hydrogen-bond donors (Lipinski definition) is 2. The highest BCUT2D eigenvalue weighted by molar-refractivity contribution is 8.00. The largest absolute Gasteiger partial charge is 0.490 e. The summed E-state index contributed by atoms with van der Waals surface area (Å²) in [6.07, 6.45) is 0.748. The fourth-order valence-corrected chi connectivity index (χ4v) is 11.2. The number of nitrogens with one attached hydrogen (secondary N) is 2. The smallest absolute Gasteiger partial charge is 0.305 e. The van der Waals surface area contributed by atoms with Crippen molar-refractivity contribution in [1.82, 2.24) is 4.98 Å². The van der Waals surface area contributed by atoms with Crippen molar-refractivity contribution in [3.63, 3.8) is 0 Å². The van der Waals surface area contributed by atoms with Crippen molar-refractivity contribution in [1.29, 1.82) is 0 Å². The van der Waals surface area contributed by atoms with E-state index in [0.717, 1.165) is 27.5 Å². The average Bonchev–Trinajstić information content (AvgIpc) is 3.81. The first-order valence-electron chi connectivity index (χ1n) is 16.0. The fraction of sp³-hybridized carbons (Fsp3) is 0.333. The number of thioether (sulfide) groups is 1. The van der Waals surface area contributed by atoms with Gasteiger partial charge < -0.3 is 19.8 Å². The molecule has 0 spiro atoms. The Morgan fingerprint density at radius 3 is 2.42 bits per heavy atom. The Hall–Kier alpha value is -4.42. The predicted molar refractivity (Wildman–Crippen MR) is 180 cm³/mol. The van der Waals surface area contributed by atoms with E-state index in [4.69, 9.17) is 9.47 Å². The molecule has 2 N–H and O–H groups in total. The van der Waals surface area contributed by atoms with Crippen molar-refractivity contribution in [3.05, 3.63) is 98.2 Å². The number of imide groups is 1. The van der Waals surface area contributed by atoms with Crippen LogP contribution in [0, 0.1) is 42.3 Å². The molecule has 0 unspecified atom stereocenters. The molecule has 2 aliphatic heterocycles. The van der Waals surface area contributed by atoms with E-state index in [0.29, 0.717) is 29.5 Å². The molecule has 2 aliphatic carbocycles. The van der Waals surface area contributed by atoms with E-state index < -0.39 is 17.7 Å². The Bertz CT molecular complexity index is 1990. The summed E-state index contributed by atoms with van der Waals surface area (Å²) in [5.74, 6) is -1.57. The summed E-state index contributed by atoms with van der Waals surface area (Å²) >= 11 is 2.79. The quantitative estimate of drug-likeness (QED) is 0.219. The maximum Gasteiger partial charge on any atom is 0.305 e.